The maximum absolute atomic E-state index is 13.5. The minimum atomic E-state index is -0.245. The van der Waals surface area contributed by atoms with Crippen LogP contribution < -0.4 is 15.1 Å². The van der Waals surface area contributed by atoms with Gasteiger partial charge in [-0.3, -0.25) is 9.69 Å². The van der Waals surface area contributed by atoms with Crippen molar-refractivity contribution in [2.45, 2.75) is 13.5 Å². The molecule has 1 N–H and O–H groups in total. The van der Waals surface area contributed by atoms with Gasteiger partial charge in [-0.05, 0) is 61.0 Å². The van der Waals surface area contributed by atoms with E-state index in [0.717, 1.165) is 37.4 Å². The van der Waals surface area contributed by atoms with E-state index < -0.39 is 0 Å². The molecule has 0 spiro atoms. The lowest BCUT2D eigenvalue weighted by atomic mass is 10.0. The monoisotopic (exact) mass is 474 g/mol. The van der Waals surface area contributed by atoms with E-state index in [1.54, 1.807) is 38.3 Å². The van der Waals surface area contributed by atoms with Gasteiger partial charge in [0.05, 0.1) is 23.6 Å². The van der Waals surface area contributed by atoms with Crippen LogP contribution in [0.3, 0.4) is 0 Å². The zero-order chi connectivity index (χ0) is 24.5. The van der Waals surface area contributed by atoms with E-state index in [1.165, 1.54) is 12.1 Å². The minimum Gasteiger partial charge on any atom is -0.507 e. The molecule has 4 aromatic rings. The van der Waals surface area contributed by atoms with E-state index in [2.05, 4.69) is 9.80 Å². The molecule has 35 heavy (non-hydrogen) atoms. The first-order valence-electron chi connectivity index (χ1n) is 11.6. The Labute approximate surface area is 202 Å². The fourth-order valence-corrected chi connectivity index (χ4v) is 4.70. The first-order chi connectivity index (χ1) is 16.9. The lowest BCUT2D eigenvalue weighted by Gasteiger charge is -2.36. The quantitative estimate of drug-likeness (QED) is 0.442. The number of aryl methyl sites for hydroxylation is 1. The third kappa shape index (κ3) is 4.47. The van der Waals surface area contributed by atoms with Crippen LogP contribution in [0.1, 0.15) is 11.3 Å². The molecule has 0 unspecified atom stereocenters. The summed E-state index contributed by atoms with van der Waals surface area (Å²) in [6.07, 6.45) is 0. The Morgan fingerprint density at radius 1 is 0.971 bits per heavy atom. The molecule has 6 nitrogen and oxygen atoms in total. The van der Waals surface area contributed by atoms with Crippen molar-refractivity contribution < 1.29 is 18.7 Å². The largest absolute Gasteiger partial charge is 0.507 e. The zero-order valence-electron chi connectivity index (χ0n) is 19.8. The van der Waals surface area contributed by atoms with Gasteiger partial charge in [0.2, 0.25) is 5.43 Å². The second-order valence-corrected chi connectivity index (χ2v) is 8.77. The van der Waals surface area contributed by atoms with Crippen LogP contribution in [0.5, 0.6) is 11.5 Å². The number of phenolic OH excluding ortho intramolecular Hbond substituents is 1. The average Bonchev–Trinajstić information content (AvgIpc) is 2.87. The van der Waals surface area contributed by atoms with Crippen molar-refractivity contribution in [3.63, 3.8) is 0 Å². The number of nitrogens with zero attached hydrogens (tertiary/aromatic N) is 2. The van der Waals surface area contributed by atoms with Crippen molar-refractivity contribution in [2.75, 3.05) is 38.2 Å². The Balaban J connectivity index is 1.42. The Morgan fingerprint density at radius 2 is 1.66 bits per heavy atom. The van der Waals surface area contributed by atoms with Gasteiger partial charge in [-0.15, -0.1) is 0 Å². The SMILES string of the molecule is COc1ccc(-c2c(C)oc3c(CN4CCN(c5ccc(F)cc5)CC4)c(O)ccc3c2=O)cc1. The van der Waals surface area contributed by atoms with Crippen LogP contribution in [0.2, 0.25) is 0 Å². The maximum Gasteiger partial charge on any atom is 0.200 e. The van der Waals surface area contributed by atoms with E-state index in [4.69, 9.17) is 9.15 Å². The van der Waals surface area contributed by atoms with Crippen LogP contribution in [0.4, 0.5) is 10.1 Å². The number of hydrogen-bond donors (Lipinski definition) is 1. The summed E-state index contributed by atoms with van der Waals surface area (Å²) in [7, 11) is 1.60. The number of halogens is 1. The van der Waals surface area contributed by atoms with Gasteiger partial charge in [0.15, 0.2) is 0 Å². The standard InChI is InChI=1S/C28H27FN2O4/c1-18-26(19-3-9-22(34-2)10-4-19)27(33)23-11-12-25(32)24(28(23)35-18)17-30-13-15-31(16-14-30)21-7-5-20(29)6-8-21/h3-12,32H,13-17H2,1-2H3. The fourth-order valence-electron chi connectivity index (χ4n) is 4.70. The molecule has 7 heteroatoms. The summed E-state index contributed by atoms with van der Waals surface area (Å²) in [6, 6.07) is 17.0. The van der Waals surface area contributed by atoms with Crippen LogP contribution in [0, 0.1) is 12.7 Å². The predicted molar refractivity (Wildman–Crippen MR) is 135 cm³/mol. The molecule has 1 aliphatic rings. The molecule has 3 aromatic carbocycles. The number of ether oxygens (including phenoxy) is 1. The molecule has 180 valence electrons. The van der Waals surface area contributed by atoms with Crippen molar-refractivity contribution in [2.24, 2.45) is 0 Å². The fraction of sp³-hybridized carbons (Fsp3) is 0.250. The molecule has 1 fully saturated rings. The number of benzene rings is 3. The summed E-state index contributed by atoms with van der Waals surface area (Å²) in [6.45, 7) is 5.32. The molecule has 5 rings (SSSR count). The molecule has 1 aromatic heterocycles. The van der Waals surface area contributed by atoms with Gasteiger partial charge in [0, 0.05) is 38.4 Å². The second-order valence-electron chi connectivity index (χ2n) is 8.77. The van der Waals surface area contributed by atoms with Gasteiger partial charge >= 0.3 is 0 Å². The van der Waals surface area contributed by atoms with Crippen LogP contribution >= 0.6 is 0 Å². The van der Waals surface area contributed by atoms with Gasteiger partial charge in [-0.2, -0.15) is 0 Å². The highest BCUT2D eigenvalue weighted by Crippen LogP contribution is 2.32. The van der Waals surface area contributed by atoms with Crippen molar-refractivity contribution in [1.29, 1.82) is 0 Å². The molecular formula is C28H27FN2O4. The third-order valence-electron chi connectivity index (χ3n) is 6.64. The molecule has 1 aliphatic heterocycles. The van der Waals surface area contributed by atoms with Gasteiger partial charge in [0.1, 0.15) is 28.7 Å². The number of methoxy groups -OCH3 is 1. The number of hydrogen-bond acceptors (Lipinski definition) is 6. The summed E-state index contributed by atoms with van der Waals surface area (Å²) in [5.41, 5.74) is 3.16. The number of rotatable bonds is 5. The molecular weight excluding hydrogens is 447 g/mol. The van der Waals surface area contributed by atoms with Crippen LogP contribution in [0.15, 0.2) is 69.9 Å². The highest BCUT2D eigenvalue weighted by Gasteiger charge is 2.22. The lowest BCUT2D eigenvalue weighted by molar-refractivity contribution is 0.246. The predicted octanol–water partition coefficient (Wildman–Crippen LogP) is 4.94. The van der Waals surface area contributed by atoms with Crippen molar-refractivity contribution in [3.8, 4) is 22.6 Å². The van der Waals surface area contributed by atoms with Gasteiger partial charge in [0.25, 0.3) is 0 Å². The Bertz CT molecular complexity index is 1410. The molecule has 0 atom stereocenters. The normalized spacial score (nSPS) is 14.4. The van der Waals surface area contributed by atoms with Crippen molar-refractivity contribution in [3.05, 3.63) is 88.0 Å². The van der Waals surface area contributed by atoms with E-state index >= 15 is 0 Å². The van der Waals surface area contributed by atoms with Gasteiger partial charge < -0.3 is 19.2 Å². The first kappa shape index (κ1) is 22.9. The number of piperazine rings is 1. The van der Waals surface area contributed by atoms with Crippen molar-refractivity contribution >= 4 is 16.7 Å². The van der Waals surface area contributed by atoms with Crippen LogP contribution in [-0.4, -0.2) is 43.3 Å². The number of anilines is 1. The topological polar surface area (TPSA) is 66.2 Å². The molecule has 1 saturated heterocycles. The smallest absolute Gasteiger partial charge is 0.200 e. The summed E-state index contributed by atoms with van der Waals surface area (Å²) < 4.78 is 24.6. The van der Waals surface area contributed by atoms with Crippen molar-refractivity contribution in [1.82, 2.24) is 4.90 Å². The third-order valence-corrected chi connectivity index (χ3v) is 6.64. The highest BCUT2D eigenvalue weighted by molar-refractivity contribution is 5.86. The molecule has 0 bridgehead atoms. The van der Waals surface area contributed by atoms with Crippen LogP contribution in [0.25, 0.3) is 22.1 Å². The average molecular weight is 475 g/mol. The highest BCUT2D eigenvalue weighted by atomic mass is 19.1. The second kappa shape index (κ2) is 9.43. The van der Waals surface area contributed by atoms with E-state index in [1.807, 2.05) is 24.3 Å². The summed E-state index contributed by atoms with van der Waals surface area (Å²) in [4.78, 5) is 17.9. The zero-order valence-corrected chi connectivity index (χ0v) is 19.8. The Hall–Kier alpha value is -3.84. The summed E-state index contributed by atoms with van der Waals surface area (Å²) in [5, 5.41) is 11.1. The summed E-state index contributed by atoms with van der Waals surface area (Å²) in [5.74, 6) is 1.08. The van der Waals surface area contributed by atoms with Crippen LogP contribution in [-0.2, 0) is 6.54 Å². The summed E-state index contributed by atoms with van der Waals surface area (Å²) >= 11 is 0. The number of aromatic hydroxyl groups is 1. The van der Waals surface area contributed by atoms with E-state index in [-0.39, 0.29) is 17.0 Å². The maximum atomic E-state index is 13.5. The molecule has 0 saturated carbocycles. The lowest BCUT2D eigenvalue weighted by Crippen LogP contribution is -2.46. The van der Waals surface area contributed by atoms with Gasteiger partial charge in [-0.1, -0.05) is 12.1 Å². The van der Waals surface area contributed by atoms with E-state index in [9.17, 15) is 14.3 Å². The molecule has 0 amide bonds. The van der Waals surface area contributed by atoms with Gasteiger partial charge in [-0.25, -0.2) is 4.39 Å². The number of phenols is 1. The number of fused-ring (bicyclic) bond motifs is 1. The van der Waals surface area contributed by atoms with E-state index in [0.29, 0.717) is 40.2 Å². The first-order valence-corrected chi connectivity index (χ1v) is 11.6. The molecule has 2 heterocycles. The minimum absolute atomic E-state index is 0.109. The Morgan fingerprint density at radius 3 is 2.31 bits per heavy atom. The molecule has 0 aliphatic carbocycles. The molecule has 0 radical (unpaired) electrons. The Kier molecular flexibility index (Phi) is 6.17.